The molecule has 1 heterocycles. The zero-order chi connectivity index (χ0) is 15.2. The maximum absolute atomic E-state index is 6.47. The van der Waals surface area contributed by atoms with E-state index in [-0.39, 0.29) is 6.04 Å². The van der Waals surface area contributed by atoms with Crippen molar-refractivity contribution in [3.05, 3.63) is 32.8 Å². The monoisotopic (exact) mass is 348 g/mol. The summed E-state index contributed by atoms with van der Waals surface area (Å²) in [5.41, 5.74) is 1.00. The van der Waals surface area contributed by atoms with Gasteiger partial charge in [-0.25, -0.2) is 0 Å². The molecule has 1 aromatic rings. The molecule has 0 aliphatic carbocycles. The molecule has 0 bridgehead atoms. The Morgan fingerprint density at radius 1 is 1.10 bits per heavy atom. The molecule has 1 fully saturated rings. The van der Waals surface area contributed by atoms with Crippen LogP contribution in [-0.2, 0) is 0 Å². The summed E-state index contributed by atoms with van der Waals surface area (Å²) in [5.74, 6) is 0. The van der Waals surface area contributed by atoms with Crippen LogP contribution in [0.25, 0.3) is 0 Å². The second-order valence-corrected chi connectivity index (χ2v) is 6.75. The largest absolute Gasteiger partial charge is 0.314 e. The van der Waals surface area contributed by atoms with E-state index in [1.165, 1.54) is 19.3 Å². The van der Waals surface area contributed by atoms with Gasteiger partial charge in [0.15, 0.2) is 0 Å². The van der Waals surface area contributed by atoms with E-state index >= 15 is 0 Å². The summed E-state index contributed by atoms with van der Waals surface area (Å²) in [4.78, 5) is 2.48. The van der Waals surface area contributed by atoms with Crippen LogP contribution in [0.5, 0.6) is 0 Å². The molecule has 0 spiro atoms. The average Bonchev–Trinajstić information content (AvgIpc) is 2.51. The Hall–Kier alpha value is 0.01000. The van der Waals surface area contributed by atoms with Gasteiger partial charge in [0.05, 0.1) is 10.0 Å². The minimum absolute atomic E-state index is 0.261. The van der Waals surface area contributed by atoms with Gasteiger partial charge < -0.3 is 5.32 Å². The zero-order valence-electron chi connectivity index (χ0n) is 12.5. The van der Waals surface area contributed by atoms with E-state index in [1.54, 1.807) is 6.07 Å². The first-order valence-corrected chi connectivity index (χ1v) is 8.86. The molecule has 1 aliphatic rings. The average molecular weight is 350 g/mol. The summed E-state index contributed by atoms with van der Waals surface area (Å²) in [6.07, 6.45) is 4.71. The van der Waals surface area contributed by atoms with Crippen LogP contribution in [-0.4, -0.2) is 31.1 Å². The standard InChI is InChI=1S/C16H23Cl3N2/c1-2-3-4-5-14(21-10-8-20-9-11-21)15-12(17)6-7-13(18)16(15)19/h6-7,14,20H,2-5,8-11H2,1H3/t14-/m1/s1. The Labute approximate surface area is 142 Å². The van der Waals surface area contributed by atoms with Crippen LogP contribution in [0.2, 0.25) is 15.1 Å². The number of hydrogen-bond acceptors (Lipinski definition) is 2. The minimum atomic E-state index is 0.261. The van der Waals surface area contributed by atoms with Gasteiger partial charge in [-0.15, -0.1) is 0 Å². The van der Waals surface area contributed by atoms with Gasteiger partial charge in [-0.3, -0.25) is 4.90 Å². The predicted molar refractivity (Wildman–Crippen MR) is 92.8 cm³/mol. The molecule has 0 amide bonds. The maximum Gasteiger partial charge on any atom is 0.0655 e. The third-order valence-corrected chi connectivity index (χ3v) is 5.23. The second-order valence-electron chi connectivity index (χ2n) is 5.55. The minimum Gasteiger partial charge on any atom is -0.314 e. The lowest BCUT2D eigenvalue weighted by Gasteiger charge is -2.36. The van der Waals surface area contributed by atoms with Gasteiger partial charge in [0, 0.05) is 42.8 Å². The first-order chi connectivity index (χ1) is 10.1. The Morgan fingerprint density at radius 3 is 2.43 bits per heavy atom. The lowest BCUT2D eigenvalue weighted by Crippen LogP contribution is -2.45. The highest BCUT2D eigenvalue weighted by molar-refractivity contribution is 6.44. The van der Waals surface area contributed by atoms with E-state index in [0.29, 0.717) is 10.0 Å². The highest BCUT2D eigenvalue weighted by Gasteiger charge is 2.26. The highest BCUT2D eigenvalue weighted by atomic mass is 35.5. The molecule has 1 saturated heterocycles. The molecular weight excluding hydrogens is 327 g/mol. The fourth-order valence-electron chi connectivity index (χ4n) is 2.94. The van der Waals surface area contributed by atoms with Crippen molar-refractivity contribution in [3.8, 4) is 0 Å². The number of unbranched alkanes of at least 4 members (excludes halogenated alkanes) is 2. The molecule has 0 unspecified atom stereocenters. The van der Waals surface area contributed by atoms with Gasteiger partial charge >= 0.3 is 0 Å². The summed E-state index contributed by atoms with van der Waals surface area (Å²) >= 11 is 19.1. The molecule has 118 valence electrons. The lowest BCUT2D eigenvalue weighted by atomic mass is 9.98. The van der Waals surface area contributed by atoms with Crippen molar-refractivity contribution in [2.24, 2.45) is 0 Å². The lowest BCUT2D eigenvalue weighted by molar-refractivity contribution is 0.163. The van der Waals surface area contributed by atoms with Crippen molar-refractivity contribution in [3.63, 3.8) is 0 Å². The molecule has 0 aromatic heterocycles. The predicted octanol–water partition coefficient (Wildman–Crippen LogP) is 5.17. The molecule has 1 aromatic carbocycles. The number of benzene rings is 1. The Morgan fingerprint density at radius 2 is 1.76 bits per heavy atom. The second kappa shape index (κ2) is 8.59. The maximum atomic E-state index is 6.47. The normalized spacial score (nSPS) is 17.9. The summed E-state index contributed by atoms with van der Waals surface area (Å²) in [6.45, 7) is 6.30. The van der Waals surface area contributed by atoms with Crippen molar-refractivity contribution in [1.29, 1.82) is 0 Å². The number of nitrogens with zero attached hydrogens (tertiary/aromatic N) is 1. The smallest absolute Gasteiger partial charge is 0.0655 e. The molecule has 0 saturated carbocycles. The molecule has 1 atom stereocenters. The number of halogens is 3. The molecule has 1 aliphatic heterocycles. The van der Waals surface area contributed by atoms with Crippen LogP contribution < -0.4 is 5.32 Å². The van der Waals surface area contributed by atoms with Crippen LogP contribution in [0.3, 0.4) is 0 Å². The van der Waals surface area contributed by atoms with Gasteiger partial charge in [0.2, 0.25) is 0 Å². The first kappa shape index (κ1) is 17.4. The Bertz CT molecular complexity index is 459. The molecular formula is C16H23Cl3N2. The van der Waals surface area contributed by atoms with Crippen LogP contribution in [0.15, 0.2) is 12.1 Å². The summed E-state index contributed by atoms with van der Waals surface area (Å²) in [6, 6.07) is 3.90. The van der Waals surface area contributed by atoms with E-state index in [0.717, 1.165) is 43.2 Å². The van der Waals surface area contributed by atoms with Crippen LogP contribution >= 0.6 is 34.8 Å². The number of hydrogen-bond donors (Lipinski definition) is 1. The Kier molecular flexibility index (Phi) is 7.11. The van der Waals surface area contributed by atoms with Crippen molar-refractivity contribution in [1.82, 2.24) is 10.2 Å². The van der Waals surface area contributed by atoms with E-state index in [9.17, 15) is 0 Å². The third-order valence-electron chi connectivity index (χ3n) is 4.09. The summed E-state index contributed by atoms with van der Waals surface area (Å²) < 4.78 is 0. The molecule has 0 radical (unpaired) electrons. The quantitative estimate of drug-likeness (QED) is 0.563. The van der Waals surface area contributed by atoms with Crippen LogP contribution in [0.1, 0.15) is 44.2 Å². The van der Waals surface area contributed by atoms with Gasteiger partial charge in [0.25, 0.3) is 0 Å². The van der Waals surface area contributed by atoms with Crippen LogP contribution in [0.4, 0.5) is 0 Å². The van der Waals surface area contributed by atoms with Crippen molar-refractivity contribution in [2.45, 2.75) is 38.6 Å². The fraction of sp³-hybridized carbons (Fsp3) is 0.625. The number of rotatable bonds is 6. The van der Waals surface area contributed by atoms with Crippen molar-refractivity contribution < 1.29 is 0 Å². The van der Waals surface area contributed by atoms with Gasteiger partial charge in [-0.1, -0.05) is 61.0 Å². The summed E-state index contributed by atoms with van der Waals surface area (Å²) in [7, 11) is 0. The van der Waals surface area contributed by atoms with Crippen LogP contribution in [0, 0.1) is 0 Å². The zero-order valence-corrected chi connectivity index (χ0v) is 14.7. The fourth-order valence-corrected chi connectivity index (χ4v) is 3.73. The van der Waals surface area contributed by atoms with E-state index < -0.39 is 0 Å². The number of piperazine rings is 1. The molecule has 5 heteroatoms. The van der Waals surface area contributed by atoms with Gasteiger partial charge in [0.1, 0.15) is 0 Å². The highest BCUT2D eigenvalue weighted by Crippen LogP contribution is 2.40. The van der Waals surface area contributed by atoms with Crippen molar-refractivity contribution >= 4 is 34.8 Å². The summed E-state index contributed by atoms with van der Waals surface area (Å²) in [5, 5.41) is 5.33. The Balaban J connectivity index is 2.27. The van der Waals surface area contributed by atoms with Gasteiger partial charge in [-0.2, -0.15) is 0 Å². The molecule has 2 rings (SSSR count). The first-order valence-electron chi connectivity index (χ1n) is 7.73. The molecule has 1 N–H and O–H groups in total. The third kappa shape index (κ3) is 4.49. The van der Waals surface area contributed by atoms with E-state index in [2.05, 4.69) is 17.1 Å². The SMILES string of the molecule is CCCCC[C@H](c1c(Cl)ccc(Cl)c1Cl)N1CCNCC1. The molecule has 21 heavy (non-hydrogen) atoms. The molecule has 2 nitrogen and oxygen atoms in total. The van der Waals surface area contributed by atoms with Gasteiger partial charge in [-0.05, 0) is 18.6 Å². The number of nitrogens with one attached hydrogen (secondary N) is 1. The van der Waals surface area contributed by atoms with E-state index in [1.807, 2.05) is 6.07 Å². The topological polar surface area (TPSA) is 15.3 Å². The van der Waals surface area contributed by atoms with E-state index in [4.69, 9.17) is 34.8 Å². The van der Waals surface area contributed by atoms with Crippen molar-refractivity contribution in [2.75, 3.05) is 26.2 Å².